The number of nitrogens with one attached hydrogen (secondary N) is 5. The van der Waals surface area contributed by atoms with Crippen molar-refractivity contribution in [3.8, 4) is 0 Å². The maximum absolute atomic E-state index is 13.2. The van der Waals surface area contributed by atoms with Crippen LogP contribution in [0.4, 0.5) is 10.1 Å². The molecule has 1 fully saturated rings. The highest BCUT2D eigenvalue weighted by Crippen LogP contribution is 2.34. The van der Waals surface area contributed by atoms with Crippen molar-refractivity contribution in [1.29, 1.82) is 0 Å². The molecule has 1 aromatic carbocycles. The summed E-state index contributed by atoms with van der Waals surface area (Å²) in [7, 11) is 0. The number of carbonyl (C=O) groups excluding carboxylic acids is 1. The zero-order valence-corrected chi connectivity index (χ0v) is 9.24. The summed E-state index contributed by atoms with van der Waals surface area (Å²) in [6.07, 6.45) is 0. The van der Waals surface area contributed by atoms with Crippen LogP contribution in [0.3, 0.4) is 0 Å². The monoisotopic (exact) mass is 253 g/mol. The van der Waals surface area contributed by atoms with Gasteiger partial charge in [-0.15, -0.1) is 0 Å². The molecule has 2 aliphatic rings. The van der Waals surface area contributed by atoms with Gasteiger partial charge >= 0.3 is 0 Å². The lowest BCUT2D eigenvalue weighted by atomic mass is 10.0. The third-order valence-corrected chi connectivity index (χ3v) is 2.91. The van der Waals surface area contributed by atoms with Gasteiger partial charge in [0.15, 0.2) is 5.11 Å². The van der Waals surface area contributed by atoms with Crippen LogP contribution in [0.1, 0.15) is 5.56 Å². The van der Waals surface area contributed by atoms with Crippen molar-refractivity contribution in [3.63, 3.8) is 0 Å². The number of anilines is 1. The molecule has 17 heavy (non-hydrogen) atoms. The number of hydrogen-bond acceptors (Lipinski definition) is 4. The van der Waals surface area contributed by atoms with E-state index in [2.05, 4.69) is 27.0 Å². The number of halogens is 1. The number of hydrazine groups is 2. The molecule has 0 saturated carbocycles. The highest BCUT2D eigenvalue weighted by Gasteiger charge is 2.49. The van der Waals surface area contributed by atoms with E-state index < -0.39 is 11.5 Å². The summed E-state index contributed by atoms with van der Waals surface area (Å²) >= 11 is 4.83. The molecule has 5 N–H and O–H groups in total. The Balaban J connectivity index is 2.09. The third kappa shape index (κ3) is 1.38. The van der Waals surface area contributed by atoms with Crippen LogP contribution in [-0.2, 0) is 10.5 Å². The highest BCUT2D eigenvalue weighted by molar-refractivity contribution is 7.80. The Bertz CT molecular complexity index is 524. The molecule has 0 aromatic heterocycles. The predicted octanol–water partition coefficient (Wildman–Crippen LogP) is -0.583. The number of carbonyl (C=O) groups is 1. The summed E-state index contributed by atoms with van der Waals surface area (Å²) in [6, 6.07) is 4.07. The summed E-state index contributed by atoms with van der Waals surface area (Å²) in [5.41, 5.74) is 10.5. The first kappa shape index (κ1) is 10.4. The molecule has 0 unspecified atom stereocenters. The van der Waals surface area contributed by atoms with Gasteiger partial charge in [-0.25, -0.2) is 15.2 Å². The normalized spacial score (nSPS) is 20.5. The van der Waals surface area contributed by atoms with E-state index in [1.54, 1.807) is 0 Å². The Labute approximate surface area is 101 Å². The van der Waals surface area contributed by atoms with Gasteiger partial charge in [-0.3, -0.25) is 15.6 Å². The number of fused-ring (bicyclic) bond motifs is 2. The molecule has 0 radical (unpaired) electrons. The third-order valence-electron chi connectivity index (χ3n) is 2.70. The topological polar surface area (TPSA) is 77.2 Å². The van der Waals surface area contributed by atoms with E-state index in [4.69, 9.17) is 12.2 Å². The van der Waals surface area contributed by atoms with Crippen molar-refractivity contribution in [2.45, 2.75) is 5.66 Å². The first-order valence-corrected chi connectivity index (χ1v) is 5.24. The van der Waals surface area contributed by atoms with Crippen LogP contribution in [-0.4, -0.2) is 11.0 Å². The lowest BCUT2D eigenvalue weighted by Crippen LogP contribution is -2.74. The van der Waals surface area contributed by atoms with Gasteiger partial charge < -0.3 is 5.32 Å². The van der Waals surface area contributed by atoms with Crippen molar-refractivity contribution in [2.24, 2.45) is 0 Å². The Morgan fingerprint density at radius 3 is 2.65 bits per heavy atom. The second-order valence-corrected chi connectivity index (χ2v) is 4.13. The summed E-state index contributed by atoms with van der Waals surface area (Å²) in [5, 5.41) is 2.95. The molecular weight excluding hydrogens is 245 g/mol. The van der Waals surface area contributed by atoms with Gasteiger partial charge in [0.25, 0.3) is 5.91 Å². The minimum Gasteiger partial charge on any atom is -0.322 e. The summed E-state index contributed by atoms with van der Waals surface area (Å²) in [4.78, 5) is 11.9. The molecule has 1 amide bonds. The van der Waals surface area contributed by atoms with Crippen LogP contribution < -0.4 is 27.0 Å². The smallest absolute Gasteiger partial charge is 0.267 e. The van der Waals surface area contributed by atoms with Gasteiger partial charge in [0, 0.05) is 11.3 Å². The zero-order chi connectivity index (χ0) is 12.0. The molecule has 2 heterocycles. The van der Waals surface area contributed by atoms with Crippen molar-refractivity contribution < 1.29 is 9.18 Å². The molecular formula is C9H8FN5OS. The standard InChI is InChI=1S/C9H8FN5OS/c10-4-1-2-6-5(3-4)9(7(16)11-6)14-12-8(17)13-15-9/h1-3,14-15H,(H,11,16)(H2,12,13,17). The summed E-state index contributed by atoms with van der Waals surface area (Å²) in [6.45, 7) is 0. The number of hydrogen-bond donors (Lipinski definition) is 5. The lowest BCUT2D eigenvalue weighted by Gasteiger charge is -2.35. The fourth-order valence-electron chi connectivity index (χ4n) is 1.89. The van der Waals surface area contributed by atoms with Gasteiger partial charge in [0.2, 0.25) is 5.66 Å². The quantitative estimate of drug-likeness (QED) is 0.398. The van der Waals surface area contributed by atoms with E-state index in [-0.39, 0.29) is 5.91 Å². The average Bonchev–Trinajstić information content (AvgIpc) is 2.57. The number of amides is 1. The zero-order valence-electron chi connectivity index (χ0n) is 8.43. The lowest BCUT2D eigenvalue weighted by molar-refractivity contribution is -0.124. The van der Waals surface area contributed by atoms with E-state index in [9.17, 15) is 9.18 Å². The SMILES string of the molecule is O=C1Nc2ccc(F)cc2C12NNC(=S)NN2. The van der Waals surface area contributed by atoms with E-state index in [0.29, 0.717) is 16.4 Å². The van der Waals surface area contributed by atoms with E-state index >= 15 is 0 Å². The van der Waals surface area contributed by atoms with E-state index in [1.807, 2.05) is 0 Å². The van der Waals surface area contributed by atoms with E-state index in [0.717, 1.165) is 0 Å². The van der Waals surface area contributed by atoms with E-state index in [1.165, 1.54) is 18.2 Å². The van der Waals surface area contributed by atoms with Crippen molar-refractivity contribution in [3.05, 3.63) is 29.6 Å². The molecule has 1 aromatic rings. The van der Waals surface area contributed by atoms with Crippen molar-refractivity contribution in [1.82, 2.24) is 21.7 Å². The predicted molar refractivity (Wildman–Crippen MR) is 61.8 cm³/mol. The Hall–Kier alpha value is -1.77. The molecule has 0 bridgehead atoms. The van der Waals surface area contributed by atoms with Gasteiger partial charge in [-0.05, 0) is 30.4 Å². The van der Waals surface area contributed by atoms with Crippen LogP contribution in [0.2, 0.25) is 0 Å². The number of benzene rings is 1. The summed E-state index contributed by atoms with van der Waals surface area (Å²) < 4.78 is 13.2. The Morgan fingerprint density at radius 1 is 1.24 bits per heavy atom. The van der Waals surface area contributed by atoms with Crippen LogP contribution in [0.15, 0.2) is 18.2 Å². The maximum atomic E-state index is 13.2. The fourth-order valence-corrected chi connectivity index (χ4v) is 1.99. The number of rotatable bonds is 0. The largest absolute Gasteiger partial charge is 0.322 e. The second-order valence-electron chi connectivity index (χ2n) is 3.72. The first-order chi connectivity index (χ1) is 8.12. The average molecular weight is 253 g/mol. The molecule has 1 spiro atoms. The van der Waals surface area contributed by atoms with Crippen LogP contribution in [0.5, 0.6) is 0 Å². The Kier molecular flexibility index (Phi) is 2.05. The Morgan fingerprint density at radius 2 is 1.94 bits per heavy atom. The van der Waals surface area contributed by atoms with Gasteiger partial charge in [-0.2, -0.15) is 0 Å². The molecule has 2 aliphatic heterocycles. The minimum atomic E-state index is -1.26. The highest BCUT2D eigenvalue weighted by atomic mass is 32.1. The van der Waals surface area contributed by atoms with Crippen LogP contribution in [0, 0.1) is 5.82 Å². The summed E-state index contributed by atoms with van der Waals surface area (Å²) in [5.74, 6) is -0.767. The molecule has 8 heteroatoms. The second kappa shape index (κ2) is 3.36. The molecule has 6 nitrogen and oxygen atoms in total. The molecule has 0 atom stereocenters. The van der Waals surface area contributed by atoms with Gasteiger partial charge in [-0.1, -0.05) is 0 Å². The molecule has 3 rings (SSSR count). The van der Waals surface area contributed by atoms with Crippen molar-refractivity contribution in [2.75, 3.05) is 5.32 Å². The maximum Gasteiger partial charge on any atom is 0.267 e. The van der Waals surface area contributed by atoms with Gasteiger partial charge in [0.1, 0.15) is 5.82 Å². The molecule has 88 valence electrons. The number of thiocarbonyl (C=S) groups is 1. The molecule has 1 saturated heterocycles. The fraction of sp³-hybridized carbons (Fsp3) is 0.111. The van der Waals surface area contributed by atoms with Crippen molar-refractivity contribution >= 4 is 28.9 Å². The molecule has 0 aliphatic carbocycles. The van der Waals surface area contributed by atoms with Gasteiger partial charge in [0.05, 0.1) is 0 Å². The van der Waals surface area contributed by atoms with Crippen LogP contribution in [0.25, 0.3) is 0 Å². The minimum absolute atomic E-state index is 0.299. The first-order valence-electron chi connectivity index (χ1n) is 4.84. The van der Waals surface area contributed by atoms with Crippen LogP contribution >= 0.6 is 12.2 Å².